The van der Waals surface area contributed by atoms with Crippen LogP contribution in [0.5, 0.6) is 0 Å². The molecule has 9 nitrogen and oxygen atoms in total. The minimum Gasteiger partial charge on any atom is -0.479 e. The summed E-state index contributed by atoms with van der Waals surface area (Å²) in [4.78, 5) is 15.0. The van der Waals surface area contributed by atoms with Crippen LogP contribution in [0.1, 0.15) is 57.7 Å². The molecule has 0 radical (unpaired) electrons. The van der Waals surface area contributed by atoms with E-state index in [2.05, 4.69) is 25.4 Å². The first-order valence-corrected chi connectivity index (χ1v) is 7.69. The summed E-state index contributed by atoms with van der Waals surface area (Å²) in [6, 6.07) is 0. The molecule has 124 valence electrons. The number of esters is 1. The topological polar surface area (TPSA) is 122 Å². The van der Waals surface area contributed by atoms with Gasteiger partial charge in [-0.05, 0) is 12.8 Å². The average molecular weight is 321 g/mol. The van der Waals surface area contributed by atoms with Crippen molar-refractivity contribution < 1.29 is 19.4 Å². The highest BCUT2D eigenvalue weighted by Crippen LogP contribution is 2.38. The van der Waals surface area contributed by atoms with Gasteiger partial charge in [0.25, 0.3) is 17.4 Å². The summed E-state index contributed by atoms with van der Waals surface area (Å²) in [5, 5.41) is 25.1. The Morgan fingerprint density at radius 1 is 1.17 bits per heavy atom. The molecular weight excluding hydrogens is 302 g/mol. The van der Waals surface area contributed by atoms with Gasteiger partial charge in [0, 0.05) is 18.8 Å². The van der Waals surface area contributed by atoms with E-state index in [9.17, 15) is 9.90 Å². The average Bonchev–Trinajstić information content (AvgIpc) is 2.96. The van der Waals surface area contributed by atoms with Crippen LogP contribution in [0.15, 0.2) is 21.9 Å². The fourth-order valence-electron chi connectivity index (χ4n) is 2.60. The van der Waals surface area contributed by atoms with Crippen LogP contribution in [-0.2, 0) is 14.3 Å². The van der Waals surface area contributed by atoms with Gasteiger partial charge in [0.05, 0.1) is 0 Å². The van der Waals surface area contributed by atoms with Crippen molar-refractivity contribution in [2.24, 2.45) is 10.2 Å². The number of hydrogen-bond acceptors (Lipinski definition) is 8. The minimum atomic E-state index is -1.06. The van der Waals surface area contributed by atoms with Gasteiger partial charge < -0.3 is 19.6 Å². The molecule has 23 heavy (non-hydrogen) atoms. The molecule has 0 bridgehead atoms. The van der Waals surface area contributed by atoms with Crippen LogP contribution in [-0.4, -0.2) is 32.0 Å². The summed E-state index contributed by atoms with van der Waals surface area (Å²) >= 11 is 0. The number of ether oxygens (including phenoxy) is 2. The van der Waals surface area contributed by atoms with Gasteiger partial charge in [-0.25, -0.2) is 4.79 Å². The van der Waals surface area contributed by atoms with E-state index in [1.54, 1.807) is 0 Å². The minimum absolute atomic E-state index is 0.139. The molecule has 1 spiro atoms. The van der Waals surface area contributed by atoms with Crippen LogP contribution in [0, 0.1) is 0 Å². The normalized spacial score (nSPS) is 21.1. The Labute approximate surface area is 132 Å². The first kappa shape index (κ1) is 15.4. The smallest absolute Gasteiger partial charge is 0.369 e. The van der Waals surface area contributed by atoms with Crippen molar-refractivity contribution in [1.82, 2.24) is 15.2 Å². The molecule has 2 aliphatic rings. The van der Waals surface area contributed by atoms with Gasteiger partial charge in [-0.1, -0.05) is 20.3 Å². The zero-order valence-electron chi connectivity index (χ0n) is 13.1. The molecule has 2 N–H and O–H groups in total. The van der Waals surface area contributed by atoms with Crippen molar-refractivity contribution in [2.45, 2.75) is 57.7 Å². The number of H-pyrrole nitrogens is 1. The number of aliphatic hydroxyl groups excluding tert-OH is 1. The Bertz CT molecular complexity index is 658. The lowest BCUT2D eigenvalue weighted by molar-refractivity contribution is -0.249. The van der Waals surface area contributed by atoms with Crippen LogP contribution in [0.3, 0.4) is 0 Å². The number of hydrogen-bond donors (Lipinski definition) is 2. The molecule has 0 saturated heterocycles. The molecule has 0 amide bonds. The molecule has 9 heteroatoms. The fourth-order valence-corrected chi connectivity index (χ4v) is 2.60. The van der Waals surface area contributed by atoms with Crippen molar-refractivity contribution >= 4 is 11.9 Å². The highest BCUT2D eigenvalue weighted by molar-refractivity contribution is 5.89. The van der Waals surface area contributed by atoms with Gasteiger partial charge in [0.2, 0.25) is 0 Å². The van der Waals surface area contributed by atoms with E-state index in [1.807, 2.05) is 13.8 Å². The molecular formula is C14H19N5O4. The fraction of sp³-hybridized carbons (Fsp3) is 0.643. The lowest BCUT2D eigenvalue weighted by atomic mass is 9.93. The van der Waals surface area contributed by atoms with E-state index in [0.717, 1.165) is 19.3 Å². The van der Waals surface area contributed by atoms with Gasteiger partial charge >= 0.3 is 11.9 Å². The predicted octanol–water partition coefficient (Wildman–Crippen LogP) is 2.97. The van der Waals surface area contributed by atoms with Crippen molar-refractivity contribution in [1.29, 1.82) is 0 Å². The second-order valence-electron chi connectivity index (χ2n) is 6.01. The number of aromatic nitrogens is 3. The van der Waals surface area contributed by atoms with E-state index in [0.29, 0.717) is 18.7 Å². The van der Waals surface area contributed by atoms with E-state index in [4.69, 9.17) is 9.47 Å². The van der Waals surface area contributed by atoms with Crippen LogP contribution < -0.4 is 0 Å². The maximum Gasteiger partial charge on any atom is 0.369 e. The number of carbonyl (C=O) groups is 1. The monoisotopic (exact) mass is 321 g/mol. The molecule has 1 saturated carbocycles. The van der Waals surface area contributed by atoms with Crippen molar-refractivity contribution in [3.8, 4) is 0 Å². The second kappa shape index (κ2) is 5.98. The maximum absolute atomic E-state index is 12.1. The maximum atomic E-state index is 12.1. The highest BCUT2D eigenvalue weighted by Gasteiger charge is 2.45. The predicted molar refractivity (Wildman–Crippen MR) is 77.6 cm³/mol. The molecule has 2 heterocycles. The Kier molecular flexibility index (Phi) is 4.01. The number of rotatable bonds is 3. The third-order valence-corrected chi connectivity index (χ3v) is 3.86. The van der Waals surface area contributed by atoms with E-state index in [-0.39, 0.29) is 17.6 Å². The Morgan fingerprint density at radius 3 is 2.52 bits per heavy atom. The molecule has 0 unspecified atom stereocenters. The van der Waals surface area contributed by atoms with Crippen molar-refractivity contribution in [2.75, 3.05) is 0 Å². The second-order valence-corrected chi connectivity index (χ2v) is 6.01. The summed E-state index contributed by atoms with van der Waals surface area (Å²) in [5.41, 5.74) is -0.372. The number of azo groups is 1. The summed E-state index contributed by atoms with van der Waals surface area (Å²) < 4.78 is 10.8. The lowest BCUT2D eigenvalue weighted by Crippen LogP contribution is -2.43. The van der Waals surface area contributed by atoms with Gasteiger partial charge in [0.15, 0.2) is 0 Å². The third-order valence-electron chi connectivity index (χ3n) is 3.86. The Hall–Kier alpha value is -2.45. The molecule has 1 aliphatic heterocycles. The molecule has 0 aromatic carbocycles. The highest BCUT2D eigenvalue weighted by atomic mass is 16.8. The van der Waals surface area contributed by atoms with Gasteiger partial charge in [-0.15, -0.1) is 20.4 Å². The summed E-state index contributed by atoms with van der Waals surface area (Å²) in [5.74, 6) is -1.41. The van der Waals surface area contributed by atoms with E-state index in [1.165, 1.54) is 0 Å². The van der Waals surface area contributed by atoms with Crippen LogP contribution >= 0.6 is 0 Å². The zero-order valence-corrected chi connectivity index (χ0v) is 13.1. The summed E-state index contributed by atoms with van der Waals surface area (Å²) in [7, 11) is 0. The van der Waals surface area contributed by atoms with Gasteiger partial charge in [-0.3, -0.25) is 0 Å². The number of aliphatic hydroxyl groups is 1. The van der Waals surface area contributed by atoms with Gasteiger partial charge in [-0.2, -0.15) is 0 Å². The molecule has 0 atom stereocenters. The quantitative estimate of drug-likeness (QED) is 0.652. The molecule has 3 rings (SSSR count). The SMILES string of the molecule is CC(C)c1nnc(N=NC2=C(O)OC3(CCCCC3)OC2=O)[nH]1. The lowest BCUT2D eigenvalue weighted by Gasteiger charge is -2.38. The van der Waals surface area contributed by atoms with Gasteiger partial charge in [0.1, 0.15) is 5.82 Å². The zero-order chi connectivity index (χ0) is 16.4. The number of aromatic amines is 1. The summed E-state index contributed by atoms with van der Waals surface area (Å²) in [6.45, 7) is 3.90. The van der Waals surface area contributed by atoms with Crippen LogP contribution in [0.2, 0.25) is 0 Å². The Morgan fingerprint density at radius 2 is 1.91 bits per heavy atom. The van der Waals surface area contributed by atoms with E-state index >= 15 is 0 Å². The number of carbonyl (C=O) groups excluding carboxylic acids is 1. The molecule has 1 fully saturated rings. The number of nitrogens with one attached hydrogen (secondary N) is 1. The van der Waals surface area contributed by atoms with Crippen molar-refractivity contribution in [3.63, 3.8) is 0 Å². The third kappa shape index (κ3) is 3.17. The first-order valence-electron chi connectivity index (χ1n) is 7.69. The number of nitrogens with zero attached hydrogens (tertiary/aromatic N) is 4. The largest absolute Gasteiger partial charge is 0.479 e. The van der Waals surface area contributed by atoms with Crippen LogP contribution in [0.25, 0.3) is 0 Å². The first-order chi connectivity index (χ1) is 11.0. The molecule has 1 aromatic rings. The van der Waals surface area contributed by atoms with Crippen LogP contribution in [0.4, 0.5) is 5.95 Å². The van der Waals surface area contributed by atoms with E-state index < -0.39 is 17.7 Å². The standard InChI is InChI=1S/C14H19N5O4/c1-8(2)10-15-13(19-17-10)18-16-9-11(20)22-14(23-12(9)21)6-4-3-5-7-14/h8,20H,3-7H2,1-2H3,(H,15,17,19). The Balaban J connectivity index is 1.77. The molecule has 1 aromatic heterocycles. The summed E-state index contributed by atoms with van der Waals surface area (Å²) in [6.07, 6.45) is 3.95. The molecule has 1 aliphatic carbocycles. The van der Waals surface area contributed by atoms with Crippen molar-refractivity contribution in [3.05, 3.63) is 17.5 Å².